The van der Waals surface area contributed by atoms with Crippen molar-refractivity contribution in [3.8, 4) is 0 Å². The smallest absolute Gasteiger partial charge is 0.123 e. The molecular weight excluding hydrogens is 203 g/mol. The van der Waals surface area contributed by atoms with Crippen molar-refractivity contribution in [3.63, 3.8) is 0 Å². The van der Waals surface area contributed by atoms with E-state index >= 15 is 0 Å². The first kappa shape index (κ1) is 13.1. The number of halogens is 1. The van der Waals surface area contributed by atoms with Gasteiger partial charge < -0.3 is 0 Å². The molecule has 0 aliphatic rings. The Bertz CT molecular complexity index is 355. The highest BCUT2D eigenvalue weighted by molar-refractivity contribution is 5.29. The lowest BCUT2D eigenvalue weighted by atomic mass is 9.84. The monoisotopic (exact) mass is 224 g/mol. The first-order valence-corrected chi connectivity index (χ1v) is 5.55. The molecule has 3 N–H and O–H groups in total. The van der Waals surface area contributed by atoms with Crippen molar-refractivity contribution in [2.24, 2.45) is 11.3 Å². The van der Waals surface area contributed by atoms with Crippen molar-refractivity contribution in [2.75, 3.05) is 0 Å². The Labute approximate surface area is 97.0 Å². The lowest BCUT2D eigenvalue weighted by molar-refractivity contribution is 0.312. The summed E-state index contributed by atoms with van der Waals surface area (Å²) in [5.74, 6) is 5.35. The van der Waals surface area contributed by atoms with Gasteiger partial charge in [-0.15, -0.1) is 0 Å². The number of benzene rings is 1. The molecule has 0 amide bonds. The minimum atomic E-state index is -0.213. The second-order valence-corrected chi connectivity index (χ2v) is 5.48. The molecule has 0 aromatic heterocycles. The Hall–Kier alpha value is -0.930. The summed E-state index contributed by atoms with van der Waals surface area (Å²) >= 11 is 0. The van der Waals surface area contributed by atoms with Gasteiger partial charge in [0.05, 0.1) is 0 Å². The fourth-order valence-electron chi connectivity index (χ4n) is 1.86. The van der Waals surface area contributed by atoms with Crippen LogP contribution in [0.2, 0.25) is 0 Å². The van der Waals surface area contributed by atoms with Gasteiger partial charge in [-0.1, -0.05) is 26.8 Å². The predicted molar refractivity (Wildman–Crippen MR) is 65.3 cm³/mol. The molecule has 2 nitrogen and oxygen atoms in total. The molecule has 0 radical (unpaired) electrons. The second-order valence-electron chi connectivity index (χ2n) is 5.48. The average molecular weight is 224 g/mol. The van der Waals surface area contributed by atoms with E-state index in [0.717, 1.165) is 17.5 Å². The van der Waals surface area contributed by atoms with Crippen molar-refractivity contribution in [3.05, 3.63) is 35.1 Å². The summed E-state index contributed by atoms with van der Waals surface area (Å²) in [6.07, 6.45) is 0.869. The van der Waals surface area contributed by atoms with Gasteiger partial charge in [0, 0.05) is 6.04 Å². The Morgan fingerprint density at radius 2 is 2.00 bits per heavy atom. The highest BCUT2D eigenvalue weighted by atomic mass is 19.1. The van der Waals surface area contributed by atoms with Gasteiger partial charge in [0.15, 0.2) is 0 Å². The molecule has 1 aromatic rings. The van der Waals surface area contributed by atoms with Crippen molar-refractivity contribution in [1.29, 1.82) is 0 Å². The first-order chi connectivity index (χ1) is 7.33. The maximum atomic E-state index is 13.2. The van der Waals surface area contributed by atoms with Crippen molar-refractivity contribution in [1.82, 2.24) is 5.43 Å². The van der Waals surface area contributed by atoms with Crippen LogP contribution in [0.1, 0.15) is 44.4 Å². The number of hydrogen-bond acceptors (Lipinski definition) is 2. The predicted octanol–water partition coefficient (Wildman–Crippen LogP) is 3.07. The molecule has 0 saturated carbocycles. The molecule has 0 fully saturated rings. The summed E-state index contributed by atoms with van der Waals surface area (Å²) in [4.78, 5) is 0. The third-order valence-electron chi connectivity index (χ3n) is 2.63. The molecule has 1 aromatic carbocycles. The summed E-state index contributed by atoms with van der Waals surface area (Å²) in [6, 6.07) is 4.82. The fourth-order valence-corrected chi connectivity index (χ4v) is 1.86. The van der Waals surface area contributed by atoms with Gasteiger partial charge in [-0.05, 0) is 42.0 Å². The average Bonchev–Trinajstić information content (AvgIpc) is 2.17. The topological polar surface area (TPSA) is 38.0 Å². The lowest BCUT2D eigenvalue weighted by Gasteiger charge is -2.26. The normalized spacial score (nSPS) is 13.9. The molecule has 0 saturated heterocycles. The highest BCUT2D eigenvalue weighted by Gasteiger charge is 2.20. The maximum absolute atomic E-state index is 13.2. The van der Waals surface area contributed by atoms with Crippen molar-refractivity contribution < 1.29 is 4.39 Å². The van der Waals surface area contributed by atoms with Gasteiger partial charge in [-0.3, -0.25) is 11.3 Å². The van der Waals surface area contributed by atoms with Crippen LogP contribution in [0.5, 0.6) is 0 Å². The van der Waals surface area contributed by atoms with Crippen LogP contribution in [0.3, 0.4) is 0 Å². The van der Waals surface area contributed by atoms with Crippen LogP contribution >= 0.6 is 0 Å². The van der Waals surface area contributed by atoms with Crippen molar-refractivity contribution in [2.45, 2.75) is 40.2 Å². The van der Waals surface area contributed by atoms with E-state index in [-0.39, 0.29) is 17.3 Å². The minimum absolute atomic E-state index is 0.00398. The van der Waals surface area contributed by atoms with Crippen LogP contribution in [-0.2, 0) is 0 Å². The van der Waals surface area contributed by atoms with E-state index in [4.69, 9.17) is 5.84 Å². The van der Waals surface area contributed by atoms with Gasteiger partial charge in [-0.2, -0.15) is 0 Å². The summed E-state index contributed by atoms with van der Waals surface area (Å²) in [5.41, 5.74) is 4.93. The first-order valence-electron chi connectivity index (χ1n) is 5.55. The van der Waals surface area contributed by atoms with Crippen LogP contribution in [0.15, 0.2) is 18.2 Å². The van der Waals surface area contributed by atoms with Crippen LogP contribution in [-0.4, -0.2) is 0 Å². The van der Waals surface area contributed by atoms with Gasteiger partial charge in [0.25, 0.3) is 0 Å². The summed E-state index contributed by atoms with van der Waals surface area (Å²) in [7, 11) is 0. The molecule has 16 heavy (non-hydrogen) atoms. The van der Waals surface area contributed by atoms with Gasteiger partial charge >= 0.3 is 0 Å². The Balaban J connectivity index is 2.99. The molecule has 90 valence electrons. The summed E-state index contributed by atoms with van der Waals surface area (Å²) < 4.78 is 13.2. The van der Waals surface area contributed by atoms with E-state index in [2.05, 4.69) is 26.2 Å². The molecule has 1 rings (SSSR count). The molecule has 0 aliphatic carbocycles. The number of hydrogen-bond donors (Lipinski definition) is 2. The number of hydrazine groups is 1. The minimum Gasteiger partial charge on any atom is -0.271 e. The molecule has 0 aliphatic heterocycles. The molecule has 1 atom stereocenters. The standard InChI is InChI=1S/C13H21FN2/c1-9-5-6-10(14)7-11(9)12(16-15)8-13(2,3)4/h5-7,12,16H,8,15H2,1-4H3. The SMILES string of the molecule is Cc1ccc(F)cc1C(CC(C)(C)C)NN. The van der Waals surface area contributed by atoms with E-state index in [1.54, 1.807) is 12.1 Å². The molecule has 0 spiro atoms. The van der Waals surface area contributed by atoms with Crippen LogP contribution in [0.25, 0.3) is 0 Å². The number of nitrogens with two attached hydrogens (primary N) is 1. The van der Waals surface area contributed by atoms with Crippen LogP contribution in [0.4, 0.5) is 4.39 Å². The quantitative estimate of drug-likeness (QED) is 0.611. The van der Waals surface area contributed by atoms with Gasteiger partial charge in [-0.25, -0.2) is 4.39 Å². The Morgan fingerprint density at radius 1 is 1.38 bits per heavy atom. The number of aryl methyl sites for hydroxylation is 1. The third-order valence-corrected chi connectivity index (χ3v) is 2.63. The Morgan fingerprint density at radius 3 is 2.50 bits per heavy atom. The maximum Gasteiger partial charge on any atom is 0.123 e. The van der Waals surface area contributed by atoms with E-state index in [1.807, 2.05) is 6.92 Å². The zero-order valence-electron chi connectivity index (χ0n) is 10.5. The van der Waals surface area contributed by atoms with E-state index in [1.165, 1.54) is 6.07 Å². The zero-order chi connectivity index (χ0) is 12.3. The summed E-state index contributed by atoms with van der Waals surface area (Å²) in [5, 5.41) is 0. The molecule has 0 heterocycles. The highest BCUT2D eigenvalue weighted by Crippen LogP contribution is 2.30. The van der Waals surface area contributed by atoms with Crippen LogP contribution < -0.4 is 11.3 Å². The zero-order valence-corrected chi connectivity index (χ0v) is 10.5. The van der Waals surface area contributed by atoms with Gasteiger partial charge in [0.1, 0.15) is 5.82 Å². The third kappa shape index (κ3) is 3.58. The van der Waals surface area contributed by atoms with E-state index in [0.29, 0.717) is 0 Å². The number of nitrogens with one attached hydrogen (secondary N) is 1. The van der Waals surface area contributed by atoms with Crippen molar-refractivity contribution >= 4 is 0 Å². The van der Waals surface area contributed by atoms with E-state index < -0.39 is 0 Å². The fraction of sp³-hybridized carbons (Fsp3) is 0.538. The summed E-state index contributed by atoms with van der Waals surface area (Å²) in [6.45, 7) is 8.41. The number of rotatable bonds is 3. The van der Waals surface area contributed by atoms with Gasteiger partial charge in [0.2, 0.25) is 0 Å². The van der Waals surface area contributed by atoms with Crippen LogP contribution in [0, 0.1) is 18.2 Å². The molecule has 3 heteroatoms. The largest absolute Gasteiger partial charge is 0.271 e. The molecular formula is C13H21FN2. The molecule has 0 bridgehead atoms. The lowest BCUT2D eigenvalue weighted by Crippen LogP contribution is -2.31. The van der Waals surface area contributed by atoms with E-state index in [9.17, 15) is 4.39 Å². The second kappa shape index (κ2) is 4.93. The molecule has 1 unspecified atom stereocenters. The Kier molecular flexibility index (Phi) is 4.05.